The van der Waals surface area contributed by atoms with Gasteiger partial charge in [0.05, 0.1) is 5.69 Å². The van der Waals surface area contributed by atoms with Gasteiger partial charge in [-0.15, -0.1) is 0 Å². The highest BCUT2D eigenvalue weighted by atomic mass is 19.1. The van der Waals surface area contributed by atoms with Crippen molar-refractivity contribution < 1.29 is 9.50 Å². The van der Waals surface area contributed by atoms with Crippen molar-refractivity contribution in [1.82, 2.24) is 25.4 Å². The number of phenols is 1. The first-order chi connectivity index (χ1) is 14.1. The number of hydrogen-bond acceptors (Lipinski definition) is 5. The Labute approximate surface area is 176 Å². The van der Waals surface area contributed by atoms with E-state index in [0.29, 0.717) is 16.9 Å². The predicted molar refractivity (Wildman–Crippen MR) is 117 cm³/mol. The van der Waals surface area contributed by atoms with Crippen LogP contribution in [0.5, 0.6) is 5.75 Å². The zero-order valence-corrected chi connectivity index (χ0v) is 18.3. The smallest absolute Gasteiger partial charge is 0.182 e. The van der Waals surface area contributed by atoms with E-state index in [1.165, 1.54) is 6.07 Å². The van der Waals surface area contributed by atoms with E-state index >= 15 is 0 Å². The lowest BCUT2D eigenvalue weighted by Crippen LogP contribution is -2.66. The first kappa shape index (κ1) is 20.8. The molecule has 3 aromatic rings. The topological polar surface area (TPSA) is 77.1 Å². The quantitative estimate of drug-likeness (QED) is 0.602. The Morgan fingerprint density at radius 2 is 2.00 bits per heavy atom. The lowest BCUT2D eigenvalue weighted by Gasteiger charge is -2.51. The molecule has 6 nitrogen and oxygen atoms in total. The van der Waals surface area contributed by atoms with Crippen LogP contribution in [-0.2, 0) is 6.54 Å². The zero-order chi connectivity index (χ0) is 21.7. The van der Waals surface area contributed by atoms with E-state index in [1.807, 2.05) is 13.0 Å². The molecule has 1 aromatic carbocycles. The van der Waals surface area contributed by atoms with Crippen molar-refractivity contribution in [2.24, 2.45) is 0 Å². The number of phenolic OH excluding ortho intramolecular Hbond substituents is 1. The zero-order valence-electron chi connectivity index (χ0n) is 18.3. The predicted octanol–water partition coefficient (Wildman–Crippen LogP) is 4.13. The van der Waals surface area contributed by atoms with Crippen molar-refractivity contribution in [3.8, 4) is 17.0 Å². The van der Waals surface area contributed by atoms with E-state index in [-0.39, 0.29) is 16.8 Å². The lowest BCUT2D eigenvalue weighted by molar-refractivity contribution is 0.0249. The molecule has 1 atom stereocenters. The monoisotopic (exact) mass is 411 g/mol. The van der Waals surface area contributed by atoms with E-state index in [9.17, 15) is 9.50 Å². The summed E-state index contributed by atoms with van der Waals surface area (Å²) in [7, 11) is 0. The number of aromatic hydroxyl groups is 1. The fraction of sp³-hybridized carbons (Fsp3) is 0.478. The number of aromatic amines is 1. The summed E-state index contributed by atoms with van der Waals surface area (Å²) < 4.78 is 14.6. The normalized spacial score (nSPS) is 21.9. The van der Waals surface area contributed by atoms with Gasteiger partial charge in [-0.3, -0.25) is 10.00 Å². The number of benzene rings is 1. The fourth-order valence-electron chi connectivity index (χ4n) is 4.18. The number of halogens is 1. The second-order valence-corrected chi connectivity index (χ2v) is 9.31. The molecule has 0 radical (unpaired) electrons. The number of fused-ring (bicyclic) bond motifs is 1. The van der Waals surface area contributed by atoms with E-state index in [2.05, 4.69) is 53.1 Å². The van der Waals surface area contributed by atoms with Gasteiger partial charge in [0.2, 0.25) is 0 Å². The minimum absolute atomic E-state index is 0.0220. The third kappa shape index (κ3) is 3.68. The summed E-state index contributed by atoms with van der Waals surface area (Å²) in [6.07, 6.45) is 1.04. The minimum atomic E-state index is -0.499. The van der Waals surface area contributed by atoms with Crippen LogP contribution in [0.25, 0.3) is 22.3 Å². The highest BCUT2D eigenvalue weighted by Crippen LogP contribution is 2.33. The maximum absolute atomic E-state index is 14.6. The summed E-state index contributed by atoms with van der Waals surface area (Å²) in [4.78, 5) is 7.09. The van der Waals surface area contributed by atoms with E-state index in [4.69, 9.17) is 0 Å². The van der Waals surface area contributed by atoms with Crippen LogP contribution in [0.1, 0.15) is 45.4 Å². The Morgan fingerprint density at radius 3 is 2.70 bits per heavy atom. The third-order valence-corrected chi connectivity index (χ3v) is 6.50. The molecule has 160 valence electrons. The van der Waals surface area contributed by atoms with Crippen molar-refractivity contribution >= 4 is 11.0 Å². The van der Waals surface area contributed by atoms with Gasteiger partial charge in [0, 0.05) is 53.4 Å². The van der Waals surface area contributed by atoms with E-state index < -0.39 is 5.82 Å². The van der Waals surface area contributed by atoms with E-state index in [1.54, 1.807) is 6.07 Å². The Kier molecular flexibility index (Phi) is 5.06. The summed E-state index contributed by atoms with van der Waals surface area (Å²) in [5, 5.41) is 21.6. The molecular weight excluding hydrogens is 381 g/mol. The summed E-state index contributed by atoms with van der Waals surface area (Å²) in [5.41, 5.74) is 3.52. The lowest BCUT2D eigenvalue weighted by atomic mass is 9.87. The first-order valence-electron chi connectivity index (χ1n) is 10.5. The number of pyridine rings is 1. The second kappa shape index (κ2) is 7.32. The average Bonchev–Trinajstić information content (AvgIpc) is 3.06. The van der Waals surface area contributed by atoms with Crippen LogP contribution in [0.15, 0.2) is 24.3 Å². The largest absolute Gasteiger partial charge is 0.508 e. The summed E-state index contributed by atoms with van der Waals surface area (Å²) >= 11 is 0. The SMILES string of the molecule is CC[C@]1(C)CN(Cc2cc(-c3ccc(O)cc3F)nc3n[nH]c(C)c23)C(C)(C)CN1. The molecule has 1 aliphatic rings. The summed E-state index contributed by atoms with van der Waals surface area (Å²) in [6.45, 7) is 13.5. The van der Waals surface area contributed by atoms with Gasteiger partial charge < -0.3 is 10.4 Å². The van der Waals surface area contributed by atoms with Crippen molar-refractivity contribution in [2.75, 3.05) is 13.1 Å². The van der Waals surface area contributed by atoms with Gasteiger partial charge in [-0.25, -0.2) is 9.37 Å². The molecule has 7 heteroatoms. The van der Waals surface area contributed by atoms with E-state index in [0.717, 1.165) is 48.8 Å². The summed E-state index contributed by atoms with van der Waals surface area (Å²) in [5.74, 6) is -0.601. The number of rotatable bonds is 4. The number of nitrogens with zero attached hydrogens (tertiary/aromatic N) is 3. The standard InChI is InChI=1S/C23H30FN5O/c1-6-23(5)13-29(22(3,4)12-25-23)11-15-9-19(17-8-7-16(30)10-18(17)24)26-21-20(15)14(2)27-28-21/h7-10,25,30H,6,11-13H2,1-5H3,(H,26,27,28)/t23-/m1/s1. The Hall–Kier alpha value is -2.51. The molecule has 3 N–H and O–H groups in total. The van der Waals surface area contributed by atoms with Crippen LogP contribution in [0.3, 0.4) is 0 Å². The molecule has 2 aromatic heterocycles. The third-order valence-electron chi connectivity index (χ3n) is 6.50. The van der Waals surface area contributed by atoms with Crippen LogP contribution < -0.4 is 5.32 Å². The molecule has 30 heavy (non-hydrogen) atoms. The van der Waals surface area contributed by atoms with Crippen molar-refractivity contribution in [2.45, 2.75) is 58.7 Å². The van der Waals surface area contributed by atoms with Gasteiger partial charge in [0.25, 0.3) is 0 Å². The van der Waals surface area contributed by atoms with Crippen LogP contribution in [-0.4, -0.2) is 49.4 Å². The molecule has 0 bridgehead atoms. The van der Waals surface area contributed by atoms with Crippen molar-refractivity contribution in [1.29, 1.82) is 0 Å². The van der Waals surface area contributed by atoms with Gasteiger partial charge in [-0.2, -0.15) is 5.10 Å². The second-order valence-electron chi connectivity index (χ2n) is 9.31. The van der Waals surface area contributed by atoms with Crippen LogP contribution >= 0.6 is 0 Å². The van der Waals surface area contributed by atoms with Crippen molar-refractivity contribution in [3.05, 3.63) is 41.3 Å². The van der Waals surface area contributed by atoms with Crippen LogP contribution in [0, 0.1) is 12.7 Å². The highest BCUT2D eigenvalue weighted by Gasteiger charge is 2.39. The van der Waals surface area contributed by atoms with Crippen LogP contribution in [0.2, 0.25) is 0 Å². The maximum Gasteiger partial charge on any atom is 0.182 e. The molecule has 3 heterocycles. The fourth-order valence-corrected chi connectivity index (χ4v) is 4.18. The number of hydrogen-bond donors (Lipinski definition) is 3. The van der Waals surface area contributed by atoms with Gasteiger partial charge in [0.15, 0.2) is 5.65 Å². The molecule has 4 rings (SSSR count). The van der Waals surface area contributed by atoms with Gasteiger partial charge >= 0.3 is 0 Å². The number of aryl methyl sites for hydroxylation is 1. The number of H-pyrrole nitrogens is 1. The molecule has 0 spiro atoms. The Balaban J connectivity index is 1.80. The molecule has 0 unspecified atom stereocenters. The molecule has 0 saturated carbocycles. The maximum atomic E-state index is 14.6. The Morgan fingerprint density at radius 1 is 1.23 bits per heavy atom. The molecule has 1 aliphatic heterocycles. The molecule has 1 saturated heterocycles. The van der Waals surface area contributed by atoms with Crippen molar-refractivity contribution in [3.63, 3.8) is 0 Å². The average molecular weight is 412 g/mol. The van der Waals surface area contributed by atoms with Gasteiger partial charge in [0.1, 0.15) is 11.6 Å². The number of piperazine rings is 1. The highest BCUT2D eigenvalue weighted by molar-refractivity contribution is 5.84. The van der Waals surface area contributed by atoms with Gasteiger partial charge in [-0.1, -0.05) is 6.92 Å². The number of aromatic nitrogens is 3. The Bertz CT molecular complexity index is 1090. The minimum Gasteiger partial charge on any atom is -0.508 e. The molecule has 0 aliphatic carbocycles. The first-order valence-corrected chi connectivity index (χ1v) is 10.5. The molecule has 1 fully saturated rings. The molecule has 0 amide bonds. The van der Waals surface area contributed by atoms with Gasteiger partial charge in [-0.05, 0) is 57.9 Å². The number of nitrogens with one attached hydrogen (secondary N) is 2. The summed E-state index contributed by atoms with van der Waals surface area (Å²) in [6, 6.07) is 6.11. The van der Waals surface area contributed by atoms with Crippen LogP contribution in [0.4, 0.5) is 4.39 Å². The molecular formula is C23H30FN5O.